The molecule has 0 fully saturated rings. The third-order valence-corrected chi connectivity index (χ3v) is 4.16. The second kappa shape index (κ2) is 8.08. The minimum Gasteiger partial charge on any atom is -0.335 e. The van der Waals surface area contributed by atoms with Gasteiger partial charge in [-0.3, -0.25) is 10.1 Å². The molecule has 1 aromatic carbocycles. The van der Waals surface area contributed by atoms with E-state index in [1.165, 1.54) is 6.92 Å². The normalized spacial score (nSPS) is 12.5. The number of rotatable bonds is 5. The number of hydrogen-bond acceptors (Lipinski definition) is 6. The summed E-state index contributed by atoms with van der Waals surface area (Å²) in [7, 11) is 0. The van der Waals surface area contributed by atoms with Crippen LogP contribution in [0.5, 0.6) is 0 Å². The summed E-state index contributed by atoms with van der Waals surface area (Å²) in [6, 6.07) is 8.30. The maximum atomic E-state index is 12.6. The molecule has 140 valence electrons. The minimum atomic E-state index is -4.76. The van der Waals surface area contributed by atoms with Crippen LogP contribution in [0, 0.1) is 0 Å². The van der Waals surface area contributed by atoms with Gasteiger partial charge in [0.25, 0.3) is 5.82 Å². The second-order valence-electron chi connectivity index (χ2n) is 5.09. The van der Waals surface area contributed by atoms with Gasteiger partial charge in [0.15, 0.2) is 0 Å². The van der Waals surface area contributed by atoms with Crippen LogP contribution in [0.1, 0.15) is 18.3 Å². The highest BCUT2D eigenvalue weighted by Crippen LogP contribution is 2.29. The Kier molecular flexibility index (Phi) is 6.08. The highest BCUT2D eigenvalue weighted by atomic mass is 32.2. The Morgan fingerprint density at radius 3 is 2.50 bits per heavy atom. The molecule has 2 aromatic rings. The summed E-state index contributed by atoms with van der Waals surface area (Å²) in [6.07, 6.45) is -4.76. The molecule has 4 N–H and O–H groups in total. The number of imide groups is 1. The standard InChI is InChI=1S/C14H15F3N6O2S/c1-8(26-13-22-21-11(23(13)18)14(15,16)17)10(24)20-12(25)19-7-9-5-3-2-4-6-9/h2-6,8H,7,18H2,1H3,(H2,19,20,24,25). The van der Waals surface area contributed by atoms with Crippen LogP contribution in [0.2, 0.25) is 0 Å². The van der Waals surface area contributed by atoms with E-state index < -0.39 is 29.2 Å². The third kappa shape index (κ3) is 5.12. The zero-order valence-electron chi connectivity index (χ0n) is 13.4. The Bertz CT molecular complexity index is 781. The molecule has 1 unspecified atom stereocenters. The lowest BCUT2D eigenvalue weighted by atomic mass is 10.2. The topological polar surface area (TPSA) is 115 Å². The van der Waals surface area contributed by atoms with Crippen molar-refractivity contribution in [2.75, 3.05) is 5.84 Å². The highest BCUT2D eigenvalue weighted by Gasteiger charge is 2.38. The van der Waals surface area contributed by atoms with Gasteiger partial charge in [0, 0.05) is 6.54 Å². The van der Waals surface area contributed by atoms with E-state index in [9.17, 15) is 22.8 Å². The van der Waals surface area contributed by atoms with Crippen LogP contribution in [-0.2, 0) is 17.5 Å². The predicted octanol–water partition coefficient (Wildman–Crippen LogP) is 1.52. The van der Waals surface area contributed by atoms with Gasteiger partial charge in [-0.15, -0.1) is 10.2 Å². The van der Waals surface area contributed by atoms with Crippen molar-refractivity contribution >= 4 is 23.7 Å². The van der Waals surface area contributed by atoms with Gasteiger partial charge in [0.05, 0.1) is 5.25 Å². The predicted molar refractivity (Wildman–Crippen MR) is 87.3 cm³/mol. The van der Waals surface area contributed by atoms with Crippen LogP contribution in [0.4, 0.5) is 18.0 Å². The van der Waals surface area contributed by atoms with Crippen LogP contribution in [-0.4, -0.2) is 32.1 Å². The van der Waals surface area contributed by atoms with Crippen LogP contribution in [0.25, 0.3) is 0 Å². The van der Waals surface area contributed by atoms with Gasteiger partial charge in [0.1, 0.15) is 0 Å². The average Bonchev–Trinajstić information content (AvgIpc) is 2.94. The number of nitrogens with two attached hydrogens (primary N) is 1. The number of thioether (sulfide) groups is 1. The van der Waals surface area contributed by atoms with E-state index in [1.807, 2.05) is 6.07 Å². The lowest BCUT2D eigenvalue weighted by Gasteiger charge is -2.12. The highest BCUT2D eigenvalue weighted by molar-refractivity contribution is 8.00. The van der Waals surface area contributed by atoms with Crippen molar-refractivity contribution in [1.82, 2.24) is 25.5 Å². The van der Waals surface area contributed by atoms with Gasteiger partial charge in [0.2, 0.25) is 11.1 Å². The number of amides is 3. The summed E-state index contributed by atoms with van der Waals surface area (Å²) in [4.78, 5) is 23.7. The molecule has 8 nitrogen and oxygen atoms in total. The number of alkyl halides is 3. The SMILES string of the molecule is CC(Sc1nnc(C(F)(F)F)n1N)C(=O)NC(=O)NCc1ccccc1. The fraction of sp³-hybridized carbons (Fsp3) is 0.286. The Labute approximate surface area is 150 Å². The first kappa shape index (κ1) is 19.6. The van der Waals surface area contributed by atoms with Crippen molar-refractivity contribution in [3.63, 3.8) is 0 Å². The van der Waals surface area contributed by atoms with Crippen molar-refractivity contribution in [1.29, 1.82) is 0 Å². The molecule has 2 rings (SSSR count). The fourth-order valence-electron chi connectivity index (χ4n) is 1.80. The summed E-state index contributed by atoms with van der Waals surface area (Å²) in [5, 5.41) is 9.63. The van der Waals surface area contributed by atoms with E-state index in [0.29, 0.717) is 11.8 Å². The first-order chi connectivity index (χ1) is 12.2. The molecular formula is C14H15F3N6O2S. The van der Waals surface area contributed by atoms with Crippen molar-refractivity contribution < 1.29 is 22.8 Å². The van der Waals surface area contributed by atoms with Crippen molar-refractivity contribution in [2.45, 2.75) is 30.1 Å². The smallest absolute Gasteiger partial charge is 0.335 e. The Morgan fingerprint density at radius 1 is 1.27 bits per heavy atom. The number of halogens is 3. The molecule has 3 amide bonds. The fourth-order valence-corrected chi connectivity index (χ4v) is 2.57. The van der Waals surface area contributed by atoms with E-state index in [-0.39, 0.29) is 16.4 Å². The molecule has 0 bridgehead atoms. The van der Waals surface area contributed by atoms with Crippen molar-refractivity contribution in [3.8, 4) is 0 Å². The number of nitrogens with zero attached hydrogens (tertiary/aromatic N) is 3. The van der Waals surface area contributed by atoms with E-state index >= 15 is 0 Å². The van der Waals surface area contributed by atoms with E-state index in [4.69, 9.17) is 5.84 Å². The number of aromatic nitrogens is 3. The lowest BCUT2D eigenvalue weighted by Crippen LogP contribution is -2.42. The largest absolute Gasteiger partial charge is 0.453 e. The van der Waals surface area contributed by atoms with Gasteiger partial charge in [-0.05, 0) is 12.5 Å². The Balaban J connectivity index is 1.87. The number of urea groups is 1. The number of benzene rings is 1. The zero-order valence-corrected chi connectivity index (χ0v) is 14.3. The molecule has 1 aromatic heterocycles. The van der Waals surface area contributed by atoms with E-state index in [0.717, 1.165) is 5.56 Å². The Morgan fingerprint density at radius 2 is 1.92 bits per heavy atom. The quantitative estimate of drug-likeness (QED) is 0.528. The molecule has 0 radical (unpaired) electrons. The molecule has 0 saturated heterocycles. The van der Waals surface area contributed by atoms with Crippen molar-refractivity contribution in [3.05, 3.63) is 41.7 Å². The number of carbonyl (C=O) groups is 2. The number of carbonyl (C=O) groups excluding carboxylic acids is 2. The van der Waals surface area contributed by atoms with Crippen LogP contribution in [0.15, 0.2) is 35.5 Å². The van der Waals surface area contributed by atoms with Crippen LogP contribution < -0.4 is 16.5 Å². The molecule has 1 heterocycles. The average molecular weight is 388 g/mol. The first-order valence-corrected chi connectivity index (χ1v) is 8.13. The molecule has 0 spiro atoms. The van der Waals surface area contributed by atoms with Gasteiger partial charge in [-0.2, -0.15) is 13.2 Å². The van der Waals surface area contributed by atoms with Gasteiger partial charge in [-0.1, -0.05) is 42.1 Å². The maximum Gasteiger partial charge on any atom is 0.453 e. The number of hydrogen-bond donors (Lipinski definition) is 3. The van der Waals surface area contributed by atoms with E-state index in [1.54, 1.807) is 24.3 Å². The molecular weight excluding hydrogens is 373 g/mol. The number of nitrogens with one attached hydrogen (secondary N) is 2. The molecule has 26 heavy (non-hydrogen) atoms. The molecule has 0 saturated carbocycles. The molecule has 1 atom stereocenters. The molecule has 12 heteroatoms. The first-order valence-electron chi connectivity index (χ1n) is 7.25. The van der Waals surface area contributed by atoms with Crippen LogP contribution in [0.3, 0.4) is 0 Å². The van der Waals surface area contributed by atoms with Gasteiger partial charge in [-0.25, -0.2) is 9.47 Å². The number of nitrogen functional groups attached to an aromatic ring is 1. The minimum absolute atomic E-state index is 0.216. The van der Waals surface area contributed by atoms with E-state index in [2.05, 4.69) is 20.8 Å². The molecule has 0 aliphatic carbocycles. The summed E-state index contributed by atoms with van der Waals surface area (Å²) < 4.78 is 38.1. The zero-order chi connectivity index (χ0) is 19.3. The summed E-state index contributed by atoms with van der Waals surface area (Å²) in [5.41, 5.74) is 0.841. The summed E-state index contributed by atoms with van der Waals surface area (Å²) in [5.74, 6) is 3.20. The lowest BCUT2D eigenvalue weighted by molar-refractivity contribution is -0.146. The summed E-state index contributed by atoms with van der Waals surface area (Å²) in [6.45, 7) is 1.61. The maximum absolute atomic E-state index is 12.6. The Hall–Kier alpha value is -2.76. The van der Waals surface area contributed by atoms with Gasteiger partial charge < -0.3 is 11.2 Å². The van der Waals surface area contributed by atoms with Crippen LogP contribution >= 0.6 is 11.8 Å². The van der Waals surface area contributed by atoms with Crippen molar-refractivity contribution in [2.24, 2.45) is 0 Å². The molecule has 0 aliphatic heterocycles. The molecule has 0 aliphatic rings. The second-order valence-corrected chi connectivity index (χ2v) is 6.40. The third-order valence-electron chi connectivity index (χ3n) is 3.10. The summed E-state index contributed by atoms with van der Waals surface area (Å²) >= 11 is 0.644. The van der Waals surface area contributed by atoms with Gasteiger partial charge >= 0.3 is 12.2 Å². The monoisotopic (exact) mass is 388 g/mol.